The van der Waals surface area contributed by atoms with Crippen LogP contribution < -0.4 is 5.32 Å². The van der Waals surface area contributed by atoms with Crippen LogP contribution in [0.3, 0.4) is 0 Å². The summed E-state index contributed by atoms with van der Waals surface area (Å²) in [6.45, 7) is 0. The molecule has 1 unspecified atom stereocenters. The summed E-state index contributed by atoms with van der Waals surface area (Å²) in [6.07, 6.45) is 6.10. The number of benzene rings is 3. The van der Waals surface area contributed by atoms with Gasteiger partial charge in [0.05, 0.1) is 0 Å². The van der Waals surface area contributed by atoms with E-state index in [1.807, 2.05) is 0 Å². The second-order valence-corrected chi connectivity index (χ2v) is 8.60. The van der Waals surface area contributed by atoms with Gasteiger partial charge < -0.3 is 5.32 Å². The minimum atomic E-state index is 0.299. The topological polar surface area (TPSA) is 12.0 Å². The van der Waals surface area contributed by atoms with Crippen molar-refractivity contribution >= 4 is 26.7 Å². The zero-order valence-electron chi connectivity index (χ0n) is 14.3. The van der Waals surface area contributed by atoms with Crippen molar-refractivity contribution in [1.29, 1.82) is 0 Å². The van der Waals surface area contributed by atoms with Gasteiger partial charge >= 0.3 is 0 Å². The first kappa shape index (κ1) is 15.6. The summed E-state index contributed by atoms with van der Waals surface area (Å²) in [6, 6.07) is 22.9. The van der Waals surface area contributed by atoms with E-state index in [-0.39, 0.29) is 0 Å². The maximum Gasteiger partial charge on any atom is 0.0334 e. The summed E-state index contributed by atoms with van der Waals surface area (Å²) in [7, 11) is 0. The molecule has 1 fully saturated rings. The Bertz CT molecular complexity index is 919. The van der Waals surface area contributed by atoms with Crippen molar-refractivity contribution < 1.29 is 0 Å². The van der Waals surface area contributed by atoms with Crippen LogP contribution in [-0.2, 0) is 12.8 Å². The molecule has 126 valence electrons. The van der Waals surface area contributed by atoms with E-state index in [1.165, 1.54) is 53.1 Å². The molecule has 0 saturated heterocycles. The van der Waals surface area contributed by atoms with Gasteiger partial charge in [-0.1, -0.05) is 64.5 Å². The van der Waals surface area contributed by atoms with Crippen LogP contribution in [0.5, 0.6) is 0 Å². The standard InChI is InChI=1S/C23H22BrN/c24-19-10-7-16(8-11-19)15-23(13-14-23)25-21-12-9-18-4-1-3-17-5-2-6-20(21)22(17)18/h1-8,10-11,21,25H,9,12-15H2. The first-order chi connectivity index (χ1) is 12.2. The van der Waals surface area contributed by atoms with Crippen molar-refractivity contribution in [2.24, 2.45) is 0 Å². The Balaban J connectivity index is 1.43. The predicted molar refractivity (Wildman–Crippen MR) is 108 cm³/mol. The maximum atomic E-state index is 4.06. The molecule has 2 aliphatic rings. The molecule has 0 radical (unpaired) electrons. The van der Waals surface area contributed by atoms with Crippen LogP contribution in [0.25, 0.3) is 10.8 Å². The van der Waals surface area contributed by atoms with Gasteiger partial charge in [-0.2, -0.15) is 0 Å². The summed E-state index contributed by atoms with van der Waals surface area (Å²) in [5.74, 6) is 0. The number of nitrogens with one attached hydrogen (secondary N) is 1. The van der Waals surface area contributed by atoms with Gasteiger partial charge in [-0.3, -0.25) is 0 Å². The van der Waals surface area contributed by atoms with E-state index in [0.717, 1.165) is 10.9 Å². The number of rotatable bonds is 4. The van der Waals surface area contributed by atoms with Gasteiger partial charge in [0.1, 0.15) is 0 Å². The third kappa shape index (κ3) is 2.92. The van der Waals surface area contributed by atoms with E-state index < -0.39 is 0 Å². The van der Waals surface area contributed by atoms with Crippen LogP contribution in [0.2, 0.25) is 0 Å². The van der Waals surface area contributed by atoms with E-state index in [2.05, 4.69) is 81.9 Å². The lowest BCUT2D eigenvalue weighted by molar-refractivity contribution is 0.396. The molecule has 25 heavy (non-hydrogen) atoms. The van der Waals surface area contributed by atoms with Crippen molar-refractivity contribution in [1.82, 2.24) is 5.32 Å². The average molecular weight is 392 g/mol. The van der Waals surface area contributed by atoms with Crippen LogP contribution >= 0.6 is 15.9 Å². The number of hydrogen-bond acceptors (Lipinski definition) is 1. The Kier molecular flexibility index (Phi) is 3.72. The van der Waals surface area contributed by atoms with Gasteiger partial charge in [0.2, 0.25) is 0 Å². The minimum Gasteiger partial charge on any atom is -0.304 e. The molecule has 1 saturated carbocycles. The molecule has 3 aromatic rings. The number of hydrogen-bond donors (Lipinski definition) is 1. The van der Waals surface area contributed by atoms with Gasteiger partial charge in [0.15, 0.2) is 0 Å². The maximum absolute atomic E-state index is 4.06. The average Bonchev–Trinajstić information content (AvgIpc) is 3.39. The fourth-order valence-electron chi connectivity index (χ4n) is 4.44. The molecule has 2 aliphatic carbocycles. The molecular formula is C23H22BrN. The highest BCUT2D eigenvalue weighted by molar-refractivity contribution is 9.10. The van der Waals surface area contributed by atoms with Crippen molar-refractivity contribution in [3.63, 3.8) is 0 Å². The molecule has 1 atom stereocenters. The predicted octanol–water partition coefficient (Wildman–Crippen LogP) is 5.95. The van der Waals surface area contributed by atoms with E-state index in [4.69, 9.17) is 0 Å². The fourth-order valence-corrected chi connectivity index (χ4v) is 4.70. The molecule has 0 aliphatic heterocycles. The second kappa shape index (κ2) is 5.96. The molecule has 2 heteroatoms. The van der Waals surface area contributed by atoms with Crippen LogP contribution in [-0.4, -0.2) is 5.54 Å². The van der Waals surface area contributed by atoms with Crippen molar-refractivity contribution in [2.45, 2.75) is 43.7 Å². The third-order valence-electron chi connectivity index (χ3n) is 5.89. The third-order valence-corrected chi connectivity index (χ3v) is 6.42. The van der Waals surface area contributed by atoms with Gasteiger partial charge in [0.25, 0.3) is 0 Å². The monoisotopic (exact) mass is 391 g/mol. The molecule has 0 amide bonds. The normalized spacial score (nSPS) is 20.6. The molecule has 0 aromatic heterocycles. The molecule has 0 heterocycles. The zero-order chi connectivity index (χ0) is 16.9. The molecule has 1 nitrogen and oxygen atoms in total. The van der Waals surface area contributed by atoms with Crippen LogP contribution in [0.15, 0.2) is 65.1 Å². The molecule has 3 aromatic carbocycles. The van der Waals surface area contributed by atoms with E-state index in [1.54, 1.807) is 0 Å². The van der Waals surface area contributed by atoms with Crippen LogP contribution in [0, 0.1) is 0 Å². The van der Waals surface area contributed by atoms with Gasteiger partial charge in [-0.05, 0) is 71.7 Å². The van der Waals surface area contributed by atoms with Gasteiger partial charge in [-0.25, -0.2) is 0 Å². The SMILES string of the molecule is Brc1ccc(CC2(NC3CCc4cccc5cccc3c45)CC2)cc1. The molecule has 1 N–H and O–H groups in total. The molecule has 0 spiro atoms. The zero-order valence-corrected chi connectivity index (χ0v) is 15.9. The van der Waals surface area contributed by atoms with Gasteiger partial charge in [-0.15, -0.1) is 0 Å². The highest BCUT2D eigenvalue weighted by Crippen LogP contribution is 2.44. The Morgan fingerprint density at radius 2 is 1.72 bits per heavy atom. The fraction of sp³-hybridized carbons (Fsp3) is 0.304. The van der Waals surface area contributed by atoms with Crippen molar-refractivity contribution in [3.05, 3.63) is 81.8 Å². The van der Waals surface area contributed by atoms with E-state index in [0.29, 0.717) is 11.6 Å². The molecule has 0 bridgehead atoms. The summed E-state index contributed by atoms with van der Waals surface area (Å²) >= 11 is 3.54. The summed E-state index contributed by atoms with van der Waals surface area (Å²) in [4.78, 5) is 0. The highest BCUT2D eigenvalue weighted by Gasteiger charge is 2.44. The highest BCUT2D eigenvalue weighted by atomic mass is 79.9. The first-order valence-corrected chi connectivity index (χ1v) is 10.0. The number of aryl methyl sites for hydroxylation is 1. The largest absolute Gasteiger partial charge is 0.304 e. The molecule has 5 rings (SSSR count). The van der Waals surface area contributed by atoms with Crippen molar-refractivity contribution in [2.75, 3.05) is 0 Å². The van der Waals surface area contributed by atoms with E-state index >= 15 is 0 Å². The Morgan fingerprint density at radius 1 is 0.960 bits per heavy atom. The Hall–Kier alpha value is -1.64. The number of halogens is 1. The van der Waals surface area contributed by atoms with Crippen LogP contribution in [0.4, 0.5) is 0 Å². The lowest BCUT2D eigenvalue weighted by Gasteiger charge is -2.31. The van der Waals surface area contributed by atoms with Gasteiger partial charge in [0, 0.05) is 16.1 Å². The molecular weight excluding hydrogens is 370 g/mol. The van der Waals surface area contributed by atoms with E-state index in [9.17, 15) is 0 Å². The van der Waals surface area contributed by atoms with Crippen LogP contribution in [0.1, 0.15) is 42.0 Å². The lowest BCUT2D eigenvalue weighted by atomic mass is 9.84. The summed E-state index contributed by atoms with van der Waals surface area (Å²) in [5.41, 5.74) is 4.75. The summed E-state index contributed by atoms with van der Waals surface area (Å²) < 4.78 is 1.16. The smallest absolute Gasteiger partial charge is 0.0334 e. The summed E-state index contributed by atoms with van der Waals surface area (Å²) in [5, 5.41) is 6.94. The lowest BCUT2D eigenvalue weighted by Crippen LogP contribution is -2.38. The van der Waals surface area contributed by atoms with Crippen molar-refractivity contribution in [3.8, 4) is 0 Å². The Morgan fingerprint density at radius 3 is 2.48 bits per heavy atom. The quantitative estimate of drug-likeness (QED) is 0.578. The first-order valence-electron chi connectivity index (χ1n) is 9.25. The minimum absolute atomic E-state index is 0.299. The second-order valence-electron chi connectivity index (χ2n) is 7.68. The Labute approximate surface area is 157 Å².